The fourth-order valence-corrected chi connectivity index (χ4v) is 1.84. The average molecular weight is 349 g/mol. The molecule has 2 unspecified atom stereocenters. The lowest BCUT2D eigenvalue weighted by atomic mass is 9.98. The third-order valence-corrected chi connectivity index (χ3v) is 2.85. The SMILES string of the molecule is C=C/C=C(\C=C)C(=O)C1=CC2CC2C=C1.CC.CC.CC.CC.CC. The highest BCUT2D eigenvalue weighted by atomic mass is 16.1. The van der Waals surface area contributed by atoms with Crippen LogP contribution in [0.3, 0.4) is 0 Å². The van der Waals surface area contributed by atoms with Crippen LogP contribution in [0.1, 0.15) is 75.7 Å². The molecule has 0 spiro atoms. The maximum atomic E-state index is 12.0. The molecule has 0 radical (unpaired) electrons. The zero-order valence-corrected chi connectivity index (χ0v) is 18.6. The van der Waals surface area contributed by atoms with Gasteiger partial charge in [-0.3, -0.25) is 4.79 Å². The van der Waals surface area contributed by atoms with E-state index >= 15 is 0 Å². The number of rotatable bonds is 4. The van der Waals surface area contributed by atoms with E-state index in [0.717, 1.165) is 5.57 Å². The molecular weight excluding hydrogens is 304 g/mol. The molecule has 0 saturated heterocycles. The molecule has 0 aromatic heterocycles. The van der Waals surface area contributed by atoms with Gasteiger partial charge in [-0.1, -0.05) is 119 Å². The minimum absolute atomic E-state index is 0.0477. The van der Waals surface area contributed by atoms with Crippen molar-refractivity contribution in [2.24, 2.45) is 11.8 Å². The van der Waals surface area contributed by atoms with E-state index < -0.39 is 0 Å². The number of Topliss-reactive ketones (excluding diaryl/α,β-unsaturated/α-hetero) is 1. The van der Waals surface area contributed by atoms with E-state index in [1.54, 1.807) is 18.2 Å². The highest BCUT2D eigenvalue weighted by molar-refractivity contribution is 6.12. The van der Waals surface area contributed by atoms with Gasteiger partial charge in [0.2, 0.25) is 0 Å². The topological polar surface area (TPSA) is 17.1 Å². The molecule has 146 valence electrons. The van der Waals surface area contributed by atoms with E-state index in [0.29, 0.717) is 17.4 Å². The van der Waals surface area contributed by atoms with Crippen molar-refractivity contribution in [1.29, 1.82) is 0 Å². The Labute approximate surface area is 159 Å². The molecule has 2 rings (SSSR count). The first-order chi connectivity index (χ1) is 12.3. The van der Waals surface area contributed by atoms with Crippen LogP contribution in [0.4, 0.5) is 0 Å². The molecule has 1 heteroatoms. The summed E-state index contributed by atoms with van der Waals surface area (Å²) >= 11 is 0. The Hall–Kier alpha value is -1.63. The number of carbonyl (C=O) groups excluding carboxylic acids is 1. The van der Waals surface area contributed by atoms with Gasteiger partial charge in [0.05, 0.1) is 0 Å². The van der Waals surface area contributed by atoms with Crippen molar-refractivity contribution in [1.82, 2.24) is 0 Å². The Morgan fingerprint density at radius 1 is 0.920 bits per heavy atom. The molecule has 1 fully saturated rings. The molecular formula is C24H44O. The lowest BCUT2D eigenvalue weighted by molar-refractivity contribution is -0.111. The van der Waals surface area contributed by atoms with Gasteiger partial charge < -0.3 is 0 Å². The number of allylic oxidation sites excluding steroid dienone is 8. The molecule has 1 saturated carbocycles. The van der Waals surface area contributed by atoms with E-state index in [9.17, 15) is 4.79 Å². The number of hydrogen-bond acceptors (Lipinski definition) is 1. The van der Waals surface area contributed by atoms with Gasteiger partial charge in [0.15, 0.2) is 5.78 Å². The van der Waals surface area contributed by atoms with E-state index in [-0.39, 0.29) is 5.78 Å². The van der Waals surface area contributed by atoms with Crippen LogP contribution in [-0.2, 0) is 4.79 Å². The number of carbonyl (C=O) groups is 1. The minimum Gasteiger partial charge on any atom is -0.289 e. The molecule has 0 aromatic carbocycles. The smallest absolute Gasteiger partial charge is 0.192 e. The Kier molecular flexibility index (Phi) is 30.7. The molecule has 0 N–H and O–H groups in total. The zero-order chi connectivity index (χ0) is 20.8. The van der Waals surface area contributed by atoms with Crippen molar-refractivity contribution < 1.29 is 4.79 Å². The largest absolute Gasteiger partial charge is 0.289 e. The fourth-order valence-electron chi connectivity index (χ4n) is 1.84. The molecule has 1 nitrogen and oxygen atoms in total. The van der Waals surface area contributed by atoms with Crippen LogP contribution in [0.2, 0.25) is 0 Å². The van der Waals surface area contributed by atoms with Crippen molar-refractivity contribution in [3.8, 4) is 0 Å². The normalized spacial score (nSPS) is 17.8. The van der Waals surface area contributed by atoms with Crippen molar-refractivity contribution in [3.63, 3.8) is 0 Å². The van der Waals surface area contributed by atoms with Crippen LogP contribution in [-0.4, -0.2) is 5.78 Å². The van der Waals surface area contributed by atoms with Gasteiger partial charge in [0, 0.05) is 11.1 Å². The predicted octanol–water partition coefficient (Wildman–Crippen LogP) is 8.12. The Bertz CT molecular complexity index is 408. The monoisotopic (exact) mass is 348 g/mol. The summed E-state index contributed by atoms with van der Waals surface area (Å²) in [6, 6.07) is 0. The van der Waals surface area contributed by atoms with Gasteiger partial charge in [-0.05, 0) is 18.3 Å². The molecule has 0 aromatic rings. The van der Waals surface area contributed by atoms with Gasteiger partial charge in [0.1, 0.15) is 0 Å². The second-order valence-corrected chi connectivity index (χ2v) is 3.94. The summed E-state index contributed by atoms with van der Waals surface area (Å²) in [5, 5.41) is 0. The maximum Gasteiger partial charge on any atom is 0.192 e. The second-order valence-electron chi connectivity index (χ2n) is 3.94. The van der Waals surface area contributed by atoms with Crippen LogP contribution in [0.25, 0.3) is 0 Å². The summed E-state index contributed by atoms with van der Waals surface area (Å²) in [5.41, 5.74) is 1.40. The Morgan fingerprint density at radius 2 is 1.40 bits per heavy atom. The fraction of sp³-hybridized carbons (Fsp3) is 0.542. The predicted molar refractivity (Wildman–Crippen MR) is 119 cm³/mol. The molecule has 0 bridgehead atoms. The van der Waals surface area contributed by atoms with Gasteiger partial charge >= 0.3 is 0 Å². The summed E-state index contributed by atoms with van der Waals surface area (Å²) in [6.45, 7) is 27.2. The maximum absolute atomic E-state index is 12.0. The Morgan fingerprint density at radius 3 is 1.76 bits per heavy atom. The van der Waals surface area contributed by atoms with E-state index in [1.807, 2.05) is 75.3 Å². The van der Waals surface area contributed by atoms with Crippen molar-refractivity contribution in [2.45, 2.75) is 75.7 Å². The first kappa shape index (κ1) is 31.2. The molecule has 2 aliphatic carbocycles. The van der Waals surface area contributed by atoms with Crippen molar-refractivity contribution >= 4 is 5.78 Å². The zero-order valence-electron chi connectivity index (χ0n) is 18.6. The number of ketones is 1. The van der Waals surface area contributed by atoms with Crippen molar-refractivity contribution in [2.75, 3.05) is 0 Å². The van der Waals surface area contributed by atoms with Crippen LogP contribution in [0, 0.1) is 11.8 Å². The highest BCUT2D eigenvalue weighted by Crippen LogP contribution is 2.44. The summed E-state index contributed by atoms with van der Waals surface area (Å²) in [4.78, 5) is 12.0. The Balaban J connectivity index is -0.000000191. The molecule has 2 atom stereocenters. The lowest BCUT2D eigenvalue weighted by Crippen LogP contribution is -2.05. The summed E-state index contributed by atoms with van der Waals surface area (Å²) < 4.78 is 0. The summed E-state index contributed by atoms with van der Waals surface area (Å²) in [5.74, 6) is 1.34. The van der Waals surface area contributed by atoms with E-state index in [4.69, 9.17) is 0 Å². The molecule has 25 heavy (non-hydrogen) atoms. The molecule has 0 aliphatic heterocycles. The molecule has 0 heterocycles. The van der Waals surface area contributed by atoms with Crippen LogP contribution < -0.4 is 0 Å². The summed E-state index contributed by atoms with van der Waals surface area (Å²) in [7, 11) is 0. The quantitative estimate of drug-likeness (QED) is 0.370. The number of fused-ring (bicyclic) bond motifs is 1. The first-order valence-corrected chi connectivity index (χ1v) is 10.2. The highest BCUT2D eigenvalue weighted by Gasteiger charge is 2.35. The summed E-state index contributed by atoms with van der Waals surface area (Å²) in [6.07, 6.45) is 12.2. The van der Waals surface area contributed by atoms with Crippen LogP contribution in [0.5, 0.6) is 0 Å². The second kappa shape index (κ2) is 24.6. The molecule has 2 aliphatic rings. The van der Waals surface area contributed by atoms with Gasteiger partial charge in [0.25, 0.3) is 0 Å². The van der Waals surface area contributed by atoms with Crippen LogP contribution >= 0.6 is 0 Å². The third-order valence-electron chi connectivity index (χ3n) is 2.85. The standard InChI is InChI=1S/C14H14O.5C2H6/c1-3-5-10(4-2)14(15)12-7-6-11-8-13(11)9-12;5*1-2/h3-7,9,11,13H,1-2,8H2;5*1-2H3/b10-5+;;;;;. The van der Waals surface area contributed by atoms with E-state index in [2.05, 4.69) is 25.3 Å². The van der Waals surface area contributed by atoms with Gasteiger partial charge in [-0.15, -0.1) is 0 Å². The minimum atomic E-state index is 0.0477. The number of hydrogen-bond donors (Lipinski definition) is 0. The van der Waals surface area contributed by atoms with E-state index in [1.165, 1.54) is 6.42 Å². The third kappa shape index (κ3) is 13.3. The molecule has 0 amide bonds. The van der Waals surface area contributed by atoms with Gasteiger partial charge in [-0.25, -0.2) is 0 Å². The average Bonchev–Trinajstić information content (AvgIpc) is 3.52. The lowest BCUT2D eigenvalue weighted by Gasteiger charge is -2.05. The van der Waals surface area contributed by atoms with Gasteiger partial charge in [-0.2, -0.15) is 0 Å². The first-order valence-electron chi connectivity index (χ1n) is 10.2. The van der Waals surface area contributed by atoms with Crippen molar-refractivity contribution in [3.05, 3.63) is 60.8 Å². The van der Waals surface area contributed by atoms with Crippen LogP contribution in [0.15, 0.2) is 60.8 Å².